The Bertz CT molecular complexity index is 716. The van der Waals surface area contributed by atoms with Crippen molar-refractivity contribution in [3.8, 4) is 0 Å². The van der Waals surface area contributed by atoms with Crippen LogP contribution in [-0.4, -0.2) is 36.2 Å². The smallest absolute Gasteiger partial charge is 0.335 e. The van der Waals surface area contributed by atoms with E-state index in [2.05, 4.69) is 10.6 Å². The number of carboxylic acids is 1. The maximum atomic E-state index is 12.6. The van der Waals surface area contributed by atoms with Crippen LogP contribution in [0.25, 0.3) is 0 Å². The first-order valence-electron chi connectivity index (χ1n) is 7.69. The van der Waals surface area contributed by atoms with E-state index in [0.29, 0.717) is 18.8 Å². The Morgan fingerprint density at radius 1 is 1.08 bits per heavy atom. The SMILES string of the molecule is O=C(O)c1ccc(NC(=O)C2OCCNC2c2ccccc2)cc1. The van der Waals surface area contributed by atoms with Crippen molar-refractivity contribution in [3.63, 3.8) is 0 Å². The van der Waals surface area contributed by atoms with Crippen molar-refractivity contribution in [2.45, 2.75) is 12.1 Å². The van der Waals surface area contributed by atoms with Gasteiger partial charge in [0.25, 0.3) is 5.91 Å². The van der Waals surface area contributed by atoms with Gasteiger partial charge in [-0.1, -0.05) is 30.3 Å². The molecule has 1 fully saturated rings. The quantitative estimate of drug-likeness (QED) is 0.800. The Kier molecular flexibility index (Phi) is 4.88. The summed E-state index contributed by atoms with van der Waals surface area (Å²) in [5.41, 5.74) is 1.69. The molecule has 6 heteroatoms. The van der Waals surface area contributed by atoms with Gasteiger partial charge in [-0.15, -0.1) is 0 Å². The molecule has 2 unspecified atom stereocenters. The highest BCUT2D eigenvalue weighted by Crippen LogP contribution is 2.23. The molecular formula is C18H18N2O4. The molecule has 1 saturated heterocycles. The van der Waals surface area contributed by atoms with Crippen LogP contribution in [0.15, 0.2) is 54.6 Å². The summed E-state index contributed by atoms with van der Waals surface area (Å²) in [5, 5.41) is 15.0. The van der Waals surface area contributed by atoms with E-state index in [0.717, 1.165) is 5.56 Å². The molecule has 3 rings (SSSR count). The minimum absolute atomic E-state index is 0.172. The number of aromatic carboxylic acids is 1. The fourth-order valence-electron chi connectivity index (χ4n) is 2.69. The van der Waals surface area contributed by atoms with Crippen LogP contribution >= 0.6 is 0 Å². The molecule has 1 aliphatic heterocycles. The largest absolute Gasteiger partial charge is 0.478 e. The normalized spacial score (nSPS) is 20.3. The number of carboxylic acid groups (broad SMARTS) is 1. The summed E-state index contributed by atoms with van der Waals surface area (Å²) in [6.07, 6.45) is -0.652. The predicted octanol–water partition coefficient (Wildman–Crippen LogP) is 2.05. The molecule has 24 heavy (non-hydrogen) atoms. The van der Waals surface area contributed by atoms with Crippen LogP contribution in [0.5, 0.6) is 0 Å². The first kappa shape index (κ1) is 16.2. The first-order chi connectivity index (χ1) is 11.6. The van der Waals surface area contributed by atoms with Gasteiger partial charge < -0.3 is 20.5 Å². The average molecular weight is 326 g/mol. The summed E-state index contributed by atoms with van der Waals surface area (Å²) in [5.74, 6) is -1.27. The van der Waals surface area contributed by atoms with Gasteiger partial charge in [-0.25, -0.2) is 4.79 Å². The zero-order chi connectivity index (χ0) is 16.9. The van der Waals surface area contributed by atoms with Crippen molar-refractivity contribution in [2.75, 3.05) is 18.5 Å². The highest BCUT2D eigenvalue weighted by Gasteiger charge is 2.33. The molecular weight excluding hydrogens is 308 g/mol. The van der Waals surface area contributed by atoms with Gasteiger partial charge in [0, 0.05) is 12.2 Å². The summed E-state index contributed by atoms with van der Waals surface area (Å²) >= 11 is 0. The zero-order valence-corrected chi connectivity index (χ0v) is 12.9. The van der Waals surface area contributed by atoms with E-state index in [1.54, 1.807) is 12.1 Å². The lowest BCUT2D eigenvalue weighted by atomic mass is 9.99. The third kappa shape index (κ3) is 3.61. The van der Waals surface area contributed by atoms with Gasteiger partial charge in [0.05, 0.1) is 18.2 Å². The Labute approximate surface area is 139 Å². The van der Waals surface area contributed by atoms with E-state index in [-0.39, 0.29) is 17.5 Å². The van der Waals surface area contributed by atoms with Crippen LogP contribution in [-0.2, 0) is 9.53 Å². The lowest BCUT2D eigenvalue weighted by Crippen LogP contribution is -2.48. The number of benzene rings is 2. The van der Waals surface area contributed by atoms with Gasteiger partial charge in [0.1, 0.15) is 0 Å². The summed E-state index contributed by atoms with van der Waals surface area (Å²) < 4.78 is 5.67. The number of rotatable bonds is 4. The maximum absolute atomic E-state index is 12.6. The fraction of sp³-hybridized carbons (Fsp3) is 0.222. The molecule has 2 aromatic rings. The van der Waals surface area contributed by atoms with E-state index in [9.17, 15) is 9.59 Å². The van der Waals surface area contributed by atoms with Crippen LogP contribution < -0.4 is 10.6 Å². The number of anilines is 1. The number of morpholine rings is 1. The average Bonchev–Trinajstić information content (AvgIpc) is 2.63. The van der Waals surface area contributed by atoms with Crippen LogP contribution in [0.3, 0.4) is 0 Å². The molecule has 1 heterocycles. The van der Waals surface area contributed by atoms with Gasteiger partial charge >= 0.3 is 5.97 Å². The number of amides is 1. The molecule has 0 aliphatic carbocycles. The molecule has 3 N–H and O–H groups in total. The van der Waals surface area contributed by atoms with Crippen molar-refractivity contribution < 1.29 is 19.4 Å². The number of hydrogen-bond donors (Lipinski definition) is 3. The molecule has 6 nitrogen and oxygen atoms in total. The topological polar surface area (TPSA) is 87.7 Å². The minimum atomic E-state index is -1.00. The molecule has 124 valence electrons. The summed E-state index contributed by atoms with van der Waals surface area (Å²) in [4.78, 5) is 23.4. The van der Waals surface area contributed by atoms with E-state index in [1.165, 1.54) is 12.1 Å². The van der Waals surface area contributed by atoms with E-state index < -0.39 is 12.1 Å². The second-order valence-electron chi connectivity index (χ2n) is 5.51. The molecule has 0 aromatic heterocycles. The number of ether oxygens (including phenoxy) is 1. The van der Waals surface area contributed by atoms with Gasteiger partial charge in [0.2, 0.25) is 0 Å². The molecule has 0 saturated carbocycles. The van der Waals surface area contributed by atoms with Crippen molar-refractivity contribution in [1.29, 1.82) is 0 Å². The fourth-order valence-corrected chi connectivity index (χ4v) is 2.69. The monoisotopic (exact) mass is 326 g/mol. The number of nitrogens with one attached hydrogen (secondary N) is 2. The Morgan fingerprint density at radius 2 is 1.79 bits per heavy atom. The molecule has 0 spiro atoms. The standard InChI is InChI=1S/C18H18N2O4/c21-17(20-14-8-6-13(7-9-14)18(22)23)16-15(19-10-11-24-16)12-4-2-1-3-5-12/h1-9,15-16,19H,10-11H2,(H,20,21)(H,22,23). The molecule has 1 aliphatic rings. The second-order valence-corrected chi connectivity index (χ2v) is 5.51. The maximum Gasteiger partial charge on any atom is 0.335 e. The summed E-state index contributed by atoms with van der Waals surface area (Å²) in [6.45, 7) is 1.13. The van der Waals surface area contributed by atoms with Gasteiger partial charge in [0.15, 0.2) is 6.10 Å². The number of carbonyl (C=O) groups excluding carboxylic acids is 1. The van der Waals surface area contributed by atoms with Crippen LogP contribution in [0.1, 0.15) is 22.0 Å². The van der Waals surface area contributed by atoms with E-state index in [1.807, 2.05) is 30.3 Å². The van der Waals surface area contributed by atoms with Crippen molar-refractivity contribution in [2.24, 2.45) is 0 Å². The van der Waals surface area contributed by atoms with Crippen LogP contribution in [0, 0.1) is 0 Å². The van der Waals surface area contributed by atoms with Crippen molar-refractivity contribution in [3.05, 3.63) is 65.7 Å². The van der Waals surface area contributed by atoms with E-state index in [4.69, 9.17) is 9.84 Å². The zero-order valence-electron chi connectivity index (χ0n) is 12.9. The Morgan fingerprint density at radius 3 is 2.46 bits per heavy atom. The third-order valence-electron chi connectivity index (χ3n) is 3.88. The second kappa shape index (κ2) is 7.25. The third-order valence-corrected chi connectivity index (χ3v) is 3.88. The first-order valence-corrected chi connectivity index (χ1v) is 7.69. The van der Waals surface area contributed by atoms with Crippen LogP contribution in [0.4, 0.5) is 5.69 Å². The number of hydrogen-bond acceptors (Lipinski definition) is 4. The number of carbonyl (C=O) groups is 2. The minimum Gasteiger partial charge on any atom is -0.478 e. The Balaban J connectivity index is 1.73. The summed E-state index contributed by atoms with van der Waals surface area (Å²) in [6, 6.07) is 15.5. The molecule has 0 bridgehead atoms. The lowest BCUT2D eigenvalue weighted by molar-refractivity contribution is -0.132. The molecule has 0 radical (unpaired) electrons. The van der Waals surface area contributed by atoms with Crippen molar-refractivity contribution in [1.82, 2.24) is 5.32 Å². The van der Waals surface area contributed by atoms with Gasteiger partial charge in [-0.2, -0.15) is 0 Å². The highest BCUT2D eigenvalue weighted by atomic mass is 16.5. The van der Waals surface area contributed by atoms with Gasteiger partial charge in [-0.3, -0.25) is 4.79 Å². The molecule has 1 amide bonds. The lowest BCUT2D eigenvalue weighted by Gasteiger charge is -2.32. The Hall–Kier alpha value is -2.70. The predicted molar refractivity (Wildman–Crippen MR) is 89.0 cm³/mol. The molecule has 2 atom stereocenters. The van der Waals surface area contributed by atoms with E-state index >= 15 is 0 Å². The van der Waals surface area contributed by atoms with Crippen molar-refractivity contribution >= 4 is 17.6 Å². The molecule has 2 aromatic carbocycles. The summed E-state index contributed by atoms with van der Waals surface area (Å²) in [7, 11) is 0. The highest BCUT2D eigenvalue weighted by molar-refractivity contribution is 5.95. The van der Waals surface area contributed by atoms with Gasteiger partial charge in [-0.05, 0) is 29.8 Å². The van der Waals surface area contributed by atoms with Crippen LogP contribution in [0.2, 0.25) is 0 Å².